The summed E-state index contributed by atoms with van der Waals surface area (Å²) in [5.41, 5.74) is 1.09. The van der Waals surface area contributed by atoms with Gasteiger partial charge in [-0.3, -0.25) is 4.68 Å². The van der Waals surface area contributed by atoms with E-state index in [9.17, 15) is 0 Å². The Morgan fingerprint density at radius 1 is 1.56 bits per heavy atom. The van der Waals surface area contributed by atoms with Gasteiger partial charge in [0.1, 0.15) is 0 Å². The van der Waals surface area contributed by atoms with Gasteiger partial charge in [-0.2, -0.15) is 5.10 Å². The minimum Gasteiger partial charge on any atom is -0.316 e. The Hall–Kier alpha value is -0.480. The van der Waals surface area contributed by atoms with Crippen LogP contribution in [-0.4, -0.2) is 28.6 Å². The van der Waals surface area contributed by atoms with Crippen molar-refractivity contribution in [2.45, 2.75) is 38.3 Å². The molecule has 1 aromatic rings. The Morgan fingerprint density at radius 3 is 2.69 bits per heavy atom. The van der Waals surface area contributed by atoms with Gasteiger partial charge in [0.05, 0.1) is 10.7 Å². The standard InChI is InChI=1S/C12H23N3S/c1-6-9(2)11(13-4)8-16-12-7-10(3)14-15(12)5/h7,9,11,13H,6,8H2,1-5H3. The van der Waals surface area contributed by atoms with Crippen LogP contribution in [0.5, 0.6) is 0 Å². The largest absolute Gasteiger partial charge is 0.316 e. The second-order valence-electron chi connectivity index (χ2n) is 4.34. The summed E-state index contributed by atoms with van der Waals surface area (Å²) in [5, 5.41) is 9.01. The molecule has 1 aromatic heterocycles. The molecule has 3 nitrogen and oxygen atoms in total. The highest BCUT2D eigenvalue weighted by atomic mass is 32.2. The molecule has 0 saturated carbocycles. The van der Waals surface area contributed by atoms with Gasteiger partial charge in [0.25, 0.3) is 0 Å². The fourth-order valence-electron chi connectivity index (χ4n) is 1.71. The molecule has 0 fully saturated rings. The lowest BCUT2D eigenvalue weighted by Gasteiger charge is -2.21. The number of nitrogens with one attached hydrogen (secondary N) is 1. The molecule has 92 valence electrons. The van der Waals surface area contributed by atoms with Crippen LogP contribution in [-0.2, 0) is 7.05 Å². The van der Waals surface area contributed by atoms with E-state index in [1.54, 1.807) is 0 Å². The normalized spacial score (nSPS) is 15.1. The Labute approximate surface area is 103 Å². The first-order chi connectivity index (χ1) is 7.58. The summed E-state index contributed by atoms with van der Waals surface area (Å²) >= 11 is 1.88. The van der Waals surface area contributed by atoms with Gasteiger partial charge in [0, 0.05) is 18.8 Å². The Balaban J connectivity index is 2.52. The van der Waals surface area contributed by atoms with Crippen molar-refractivity contribution >= 4 is 11.8 Å². The topological polar surface area (TPSA) is 29.9 Å². The number of hydrogen-bond acceptors (Lipinski definition) is 3. The minimum atomic E-state index is 0.574. The minimum absolute atomic E-state index is 0.574. The molecule has 16 heavy (non-hydrogen) atoms. The van der Waals surface area contributed by atoms with Crippen LogP contribution in [0.3, 0.4) is 0 Å². The lowest BCUT2D eigenvalue weighted by molar-refractivity contribution is 0.420. The van der Waals surface area contributed by atoms with E-state index >= 15 is 0 Å². The van der Waals surface area contributed by atoms with Gasteiger partial charge >= 0.3 is 0 Å². The quantitative estimate of drug-likeness (QED) is 0.776. The highest BCUT2D eigenvalue weighted by Crippen LogP contribution is 2.21. The smallest absolute Gasteiger partial charge is 0.0939 e. The van der Waals surface area contributed by atoms with E-state index in [0.717, 1.165) is 11.4 Å². The highest BCUT2D eigenvalue weighted by molar-refractivity contribution is 7.99. The molecular formula is C12H23N3S. The average Bonchev–Trinajstić information content (AvgIpc) is 2.58. The molecule has 0 bridgehead atoms. The van der Waals surface area contributed by atoms with Crippen LogP contribution >= 0.6 is 11.8 Å². The molecule has 1 rings (SSSR count). The van der Waals surface area contributed by atoms with E-state index in [1.807, 2.05) is 37.5 Å². The Kier molecular flexibility index (Phi) is 5.35. The first kappa shape index (κ1) is 13.6. The van der Waals surface area contributed by atoms with Crippen LogP contribution in [0.15, 0.2) is 11.1 Å². The molecule has 1 N–H and O–H groups in total. The van der Waals surface area contributed by atoms with Crippen molar-refractivity contribution in [1.29, 1.82) is 0 Å². The van der Waals surface area contributed by atoms with E-state index in [4.69, 9.17) is 0 Å². The number of nitrogens with zero attached hydrogens (tertiary/aromatic N) is 2. The maximum Gasteiger partial charge on any atom is 0.0939 e. The molecule has 0 saturated heterocycles. The molecule has 0 aliphatic rings. The first-order valence-electron chi connectivity index (χ1n) is 5.89. The number of hydrogen-bond donors (Lipinski definition) is 1. The molecule has 1 heterocycles. The summed E-state index contributed by atoms with van der Waals surface area (Å²) in [5.74, 6) is 1.82. The summed E-state index contributed by atoms with van der Waals surface area (Å²) in [7, 11) is 4.05. The van der Waals surface area contributed by atoms with Gasteiger partial charge in [-0.05, 0) is 26.0 Å². The lowest BCUT2D eigenvalue weighted by Crippen LogP contribution is -2.34. The molecule has 2 atom stereocenters. The van der Waals surface area contributed by atoms with Gasteiger partial charge in [0.2, 0.25) is 0 Å². The van der Waals surface area contributed by atoms with Crippen molar-refractivity contribution < 1.29 is 0 Å². The van der Waals surface area contributed by atoms with Crippen LogP contribution in [0.4, 0.5) is 0 Å². The Morgan fingerprint density at radius 2 is 2.25 bits per heavy atom. The molecule has 0 aliphatic heterocycles. The fourth-order valence-corrected chi connectivity index (χ4v) is 3.04. The molecule has 0 radical (unpaired) electrons. The van der Waals surface area contributed by atoms with Gasteiger partial charge in [-0.15, -0.1) is 11.8 Å². The summed E-state index contributed by atoms with van der Waals surface area (Å²) in [6, 6.07) is 2.72. The third-order valence-corrected chi connectivity index (χ3v) is 4.28. The molecule has 0 aromatic carbocycles. The van der Waals surface area contributed by atoms with Gasteiger partial charge in [-0.1, -0.05) is 20.3 Å². The van der Waals surface area contributed by atoms with Crippen molar-refractivity contribution in [2.24, 2.45) is 13.0 Å². The van der Waals surface area contributed by atoms with Crippen molar-refractivity contribution in [1.82, 2.24) is 15.1 Å². The second-order valence-corrected chi connectivity index (χ2v) is 5.38. The zero-order valence-electron chi connectivity index (χ0n) is 10.9. The number of aryl methyl sites for hydroxylation is 2. The SMILES string of the molecule is CCC(C)C(CSc1cc(C)nn1C)NC. The first-order valence-corrected chi connectivity index (χ1v) is 6.87. The zero-order valence-corrected chi connectivity index (χ0v) is 11.8. The van der Waals surface area contributed by atoms with E-state index in [1.165, 1.54) is 11.4 Å². The monoisotopic (exact) mass is 241 g/mol. The van der Waals surface area contributed by atoms with Crippen LogP contribution in [0, 0.1) is 12.8 Å². The second kappa shape index (κ2) is 6.30. The molecule has 0 spiro atoms. The van der Waals surface area contributed by atoms with Crippen molar-refractivity contribution in [3.8, 4) is 0 Å². The third kappa shape index (κ3) is 3.52. The predicted molar refractivity (Wildman–Crippen MR) is 71.0 cm³/mol. The summed E-state index contributed by atoms with van der Waals surface area (Å²) < 4.78 is 1.96. The highest BCUT2D eigenvalue weighted by Gasteiger charge is 2.14. The summed E-state index contributed by atoms with van der Waals surface area (Å²) in [6.45, 7) is 6.58. The maximum absolute atomic E-state index is 4.36. The van der Waals surface area contributed by atoms with Crippen LogP contribution in [0.2, 0.25) is 0 Å². The molecular weight excluding hydrogens is 218 g/mol. The number of thioether (sulfide) groups is 1. The van der Waals surface area contributed by atoms with Crippen molar-refractivity contribution in [3.63, 3.8) is 0 Å². The van der Waals surface area contributed by atoms with E-state index in [2.05, 4.69) is 30.3 Å². The van der Waals surface area contributed by atoms with Crippen LogP contribution < -0.4 is 5.32 Å². The number of rotatable bonds is 6. The van der Waals surface area contributed by atoms with Gasteiger partial charge < -0.3 is 5.32 Å². The molecule has 0 amide bonds. The molecule has 2 unspecified atom stereocenters. The van der Waals surface area contributed by atoms with Crippen LogP contribution in [0.1, 0.15) is 26.0 Å². The van der Waals surface area contributed by atoms with Crippen molar-refractivity contribution in [2.75, 3.05) is 12.8 Å². The predicted octanol–water partition coefficient (Wildman–Crippen LogP) is 2.45. The lowest BCUT2D eigenvalue weighted by atomic mass is 10.0. The van der Waals surface area contributed by atoms with Crippen molar-refractivity contribution in [3.05, 3.63) is 11.8 Å². The molecule has 0 aliphatic carbocycles. The van der Waals surface area contributed by atoms with Gasteiger partial charge in [0.15, 0.2) is 0 Å². The summed E-state index contributed by atoms with van der Waals surface area (Å²) in [6.07, 6.45) is 1.22. The summed E-state index contributed by atoms with van der Waals surface area (Å²) in [4.78, 5) is 0. The fraction of sp³-hybridized carbons (Fsp3) is 0.750. The van der Waals surface area contributed by atoms with E-state index < -0.39 is 0 Å². The van der Waals surface area contributed by atoms with E-state index in [-0.39, 0.29) is 0 Å². The molecule has 4 heteroatoms. The van der Waals surface area contributed by atoms with E-state index in [0.29, 0.717) is 12.0 Å². The maximum atomic E-state index is 4.36. The van der Waals surface area contributed by atoms with Crippen LogP contribution in [0.25, 0.3) is 0 Å². The third-order valence-electron chi connectivity index (χ3n) is 3.07. The Bertz CT molecular complexity index is 322. The average molecular weight is 241 g/mol. The zero-order chi connectivity index (χ0) is 12.1. The number of aromatic nitrogens is 2. The van der Waals surface area contributed by atoms with Gasteiger partial charge in [-0.25, -0.2) is 0 Å².